The molecule has 170 valence electrons. The van der Waals surface area contributed by atoms with E-state index in [4.69, 9.17) is 0 Å². The number of benzene rings is 3. The second-order valence-corrected chi connectivity index (χ2v) is 10.7. The van der Waals surface area contributed by atoms with Crippen LogP contribution in [0, 0.1) is 13.8 Å². The van der Waals surface area contributed by atoms with Gasteiger partial charge in [-0.15, -0.1) is 0 Å². The molecule has 0 bridgehead atoms. The minimum atomic E-state index is -3.69. The molecule has 0 radical (unpaired) electrons. The van der Waals surface area contributed by atoms with Crippen LogP contribution in [0.3, 0.4) is 0 Å². The molecule has 4 rings (SSSR count). The number of anilines is 1. The third-order valence-electron chi connectivity index (χ3n) is 5.61. The summed E-state index contributed by atoms with van der Waals surface area (Å²) in [7, 11) is -3.69. The van der Waals surface area contributed by atoms with E-state index in [0.29, 0.717) is 23.8 Å². The molecule has 0 spiro atoms. The molecule has 0 aliphatic rings. The number of thiazole rings is 1. The molecule has 0 saturated heterocycles. The summed E-state index contributed by atoms with van der Waals surface area (Å²) in [6.07, 6.45) is 0. The fourth-order valence-corrected chi connectivity index (χ4v) is 5.89. The Morgan fingerprint density at radius 3 is 2.36 bits per heavy atom. The van der Waals surface area contributed by atoms with Crippen LogP contribution in [0.25, 0.3) is 10.2 Å². The Balaban J connectivity index is 1.51. The van der Waals surface area contributed by atoms with Crippen LogP contribution in [0.2, 0.25) is 0 Å². The van der Waals surface area contributed by atoms with Crippen molar-refractivity contribution >= 4 is 42.6 Å². The molecule has 0 unspecified atom stereocenters. The number of carbonyl (C=O) groups is 1. The van der Waals surface area contributed by atoms with E-state index in [9.17, 15) is 13.2 Å². The highest BCUT2D eigenvalue weighted by Crippen LogP contribution is 2.30. The number of nitrogens with one attached hydrogen (secondary N) is 1. The second kappa shape index (κ2) is 9.43. The Hall–Kier alpha value is -3.07. The van der Waals surface area contributed by atoms with Gasteiger partial charge in [0.1, 0.15) is 0 Å². The molecule has 4 aromatic rings. The average Bonchev–Trinajstić information content (AvgIpc) is 3.24. The lowest BCUT2D eigenvalue weighted by Gasteiger charge is -2.20. The number of carbonyl (C=O) groups excluding carboxylic acids is 1. The summed E-state index contributed by atoms with van der Waals surface area (Å²) < 4.78 is 28.7. The molecule has 0 aliphatic carbocycles. The number of hydrogen-bond donors (Lipinski definition) is 1. The summed E-state index contributed by atoms with van der Waals surface area (Å²) in [4.78, 5) is 17.4. The first-order chi connectivity index (χ1) is 15.8. The predicted molar refractivity (Wildman–Crippen MR) is 133 cm³/mol. The smallest absolute Gasteiger partial charge is 0.257 e. The number of nitrogens with zero attached hydrogens (tertiary/aromatic N) is 2. The Morgan fingerprint density at radius 2 is 1.70 bits per heavy atom. The number of hydrogen-bond acceptors (Lipinski definition) is 5. The molecule has 0 saturated carbocycles. The van der Waals surface area contributed by atoms with Gasteiger partial charge in [0, 0.05) is 18.7 Å². The van der Waals surface area contributed by atoms with Crippen molar-refractivity contribution in [2.24, 2.45) is 0 Å². The van der Waals surface area contributed by atoms with Crippen molar-refractivity contribution < 1.29 is 13.2 Å². The molecule has 6 nitrogen and oxygen atoms in total. The first-order valence-corrected chi connectivity index (χ1v) is 12.9. The van der Waals surface area contributed by atoms with E-state index in [1.165, 1.54) is 39.9 Å². The van der Waals surface area contributed by atoms with Crippen molar-refractivity contribution in [2.75, 3.05) is 11.9 Å². The Kier molecular flexibility index (Phi) is 6.60. The van der Waals surface area contributed by atoms with Crippen LogP contribution in [0.1, 0.15) is 34.0 Å². The van der Waals surface area contributed by atoms with E-state index in [1.807, 2.05) is 63.2 Å². The second-order valence-electron chi connectivity index (χ2n) is 7.77. The molecule has 8 heteroatoms. The summed E-state index contributed by atoms with van der Waals surface area (Å²) in [6.45, 7) is 6.49. The van der Waals surface area contributed by atoms with Gasteiger partial charge in [-0.2, -0.15) is 4.31 Å². The maximum Gasteiger partial charge on any atom is 0.257 e. The van der Waals surface area contributed by atoms with Crippen LogP contribution < -0.4 is 5.32 Å². The number of aromatic nitrogens is 1. The molecule has 0 aliphatic heterocycles. The highest BCUT2D eigenvalue weighted by atomic mass is 32.2. The van der Waals surface area contributed by atoms with Gasteiger partial charge in [-0.1, -0.05) is 54.7 Å². The monoisotopic (exact) mass is 479 g/mol. The number of rotatable bonds is 7. The quantitative estimate of drug-likeness (QED) is 0.386. The fraction of sp³-hybridized carbons (Fsp3) is 0.200. The Labute approximate surface area is 198 Å². The number of amides is 1. The normalized spacial score (nSPS) is 11.8. The van der Waals surface area contributed by atoms with Gasteiger partial charge in [-0.25, -0.2) is 13.4 Å². The van der Waals surface area contributed by atoms with Crippen LogP contribution >= 0.6 is 11.3 Å². The number of fused-ring (bicyclic) bond motifs is 1. The summed E-state index contributed by atoms with van der Waals surface area (Å²) in [5.74, 6) is -0.330. The zero-order valence-electron chi connectivity index (χ0n) is 18.7. The molecule has 1 heterocycles. The molecule has 1 amide bonds. The fourth-order valence-electron chi connectivity index (χ4n) is 3.53. The van der Waals surface area contributed by atoms with Gasteiger partial charge in [0.05, 0.1) is 15.1 Å². The Morgan fingerprint density at radius 1 is 1.00 bits per heavy atom. The van der Waals surface area contributed by atoms with Crippen molar-refractivity contribution in [3.63, 3.8) is 0 Å². The zero-order valence-corrected chi connectivity index (χ0v) is 20.3. The van der Waals surface area contributed by atoms with Crippen LogP contribution in [0.5, 0.6) is 0 Å². The van der Waals surface area contributed by atoms with E-state index < -0.39 is 10.0 Å². The standard InChI is InChI=1S/C25H25N3O3S2/c1-4-28(16-19-8-6-5-7-9-19)33(30,31)21-13-11-20(12-14-21)24(29)27-25-26-23-18(3)17(2)10-15-22(23)32-25/h5-15H,4,16H2,1-3H3,(H,26,27,29). The summed E-state index contributed by atoms with van der Waals surface area (Å²) in [6, 6.07) is 19.5. The van der Waals surface area contributed by atoms with E-state index in [0.717, 1.165) is 26.9 Å². The maximum absolute atomic E-state index is 13.1. The summed E-state index contributed by atoms with van der Waals surface area (Å²) in [5, 5.41) is 3.34. The van der Waals surface area contributed by atoms with Crippen molar-refractivity contribution in [1.29, 1.82) is 0 Å². The molecule has 0 atom stereocenters. The average molecular weight is 480 g/mol. The van der Waals surface area contributed by atoms with E-state index in [-0.39, 0.29) is 10.8 Å². The van der Waals surface area contributed by atoms with Crippen molar-refractivity contribution in [3.8, 4) is 0 Å². The highest BCUT2D eigenvalue weighted by Gasteiger charge is 2.23. The topological polar surface area (TPSA) is 79.4 Å². The number of sulfonamides is 1. The maximum atomic E-state index is 13.1. The molecule has 0 fully saturated rings. The molecule has 1 N–H and O–H groups in total. The molecular weight excluding hydrogens is 454 g/mol. The van der Waals surface area contributed by atoms with Gasteiger partial charge >= 0.3 is 0 Å². The third-order valence-corrected chi connectivity index (χ3v) is 8.49. The lowest BCUT2D eigenvalue weighted by Crippen LogP contribution is -2.30. The van der Waals surface area contributed by atoms with Gasteiger partial charge in [0.25, 0.3) is 5.91 Å². The van der Waals surface area contributed by atoms with E-state index >= 15 is 0 Å². The molecular formula is C25H25N3O3S2. The van der Waals surface area contributed by atoms with Gasteiger partial charge in [0.2, 0.25) is 10.0 Å². The van der Waals surface area contributed by atoms with Crippen molar-refractivity contribution in [1.82, 2.24) is 9.29 Å². The third kappa shape index (κ3) is 4.83. The number of aryl methyl sites for hydroxylation is 2. The first kappa shape index (κ1) is 23.1. The Bertz CT molecular complexity index is 1400. The van der Waals surface area contributed by atoms with Gasteiger partial charge in [0.15, 0.2) is 5.13 Å². The van der Waals surface area contributed by atoms with Gasteiger partial charge in [-0.05, 0) is 60.9 Å². The van der Waals surface area contributed by atoms with Gasteiger partial charge in [-0.3, -0.25) is 10.1 Å². The SMILES string of the molecule is CCN(Cc1ccccc1)S(=O)(=O)c1ccc(C(=O)Nc2nc3c(C)c(C)ccc3s2)cc1. The van der Waals surface area contributed by atoms with Crippen LogP contribution in [-0.2, 0) is 16.6 Å². The first-order valence-electron chi connectivity index (χ1n) is 10.6. The molecule has 3 aromatic carbocycles. The van der Waals surface area contributed by atoms with E-state index in [1.54, 1.807) is 0 Å². The summed E-state index contributed by atoms with van der Waals surface area (Å²) >= 11 is 1.41. The van der Waals surface area contributed by atoms with E-state index in [2.05, 4.69) is 10.3 Å². The van der Waals surface area contributed by atoms with Crippen LogP contribution in [0.15, 0.2) is 71.6 Å². The van der Waals surface area contributed by atoms with Crippen molar-refractivity contribution in [3.05, 3.63) is 89.0 Å². The minimum Gasteiger partial charge on any atom is -0.298 e. The molecule has 33 heavy (non-hydrogen) atoms. The minimum absolute atomic E-state index is 0.155. The zero-order chi connectivity index (χ0) is 23.6. The lowest BCUT2D eigenvalue weighted by atomic mass is 10.1. The molecule has 1 aromatic heterocycles. The largest absolute Gasteiger partial charge is 0.298 e. The van der Waals surface area contributed by atoms with Crippen molar-refractivity contribution in [2.45, 2.75) is 32.2 Å². The van der Waals surface area contributed by atoms with Gasteiger partial charge < -0.3 is 0 Å². The van der Waals surface area contributed by atoms with Crippen LogP contribution in [-0.4, -0.2) is 30.2 Å². The lowest BCUT2D eigenvalue weighted by molar-refractivity contribution is 0.102. The van der Waals surface area contributed by atoms with Crippen LogP contribution in [0.4, 0.5) is 5.13 Å². The summed E-state index contributed by atoms with van der Waals surface area (Å²) in [5.41, 5.74) is 4.41. The predicted octanol–water partition coefficient (Wildman–Crippen LogP) is 5.38. The highest BCUT2D eigenvalue weighted by molar-refractivity contribution is 7.89.